The van der Waals surface area contributed by atoms with Crippen molar-refractivity contribution in [3.63, 3.8) is 0 Å². The van der Waals surface area contributed by atoms with E-state index in [9.17, 15) is 9.59 Å². The second-order valence-corrected chi connectivity index (χ2v) is 11.5. The van der Waals surface area contributed by atoms with Gasteiger partial charge in [0.1, 0.15) is 0 Å². The summed E-state index contributed by atoms with van der Waals surface area (Å²) in [4.78, 5) is 34.7. The molecule has 1 atom stereocenters. The van der Waals surface area contributed by atoms with Crippen LogP contribution in [-0.2, 0) is 16.1 Å². The van der Waals surface area contributed by atoms with Gasteiger partial charge in [0.25, 0.3) is 0 Å². The molecular formula is C28H37ClN4O2. The van der Waals surface area contributed by atoms with E-state index in [1.54, 1.807) is 6.20 Å². The number of likely N-dealkylation sites (tertiary alicyclic amines) is 2. The smallest absolute Gasteiger partial charge is 0.229 e. The van der Waals surface area contributed by atoms with Crippen LogP contribution in [0.15, 0.2) is 48.8 Å². The summed E-state index contributed by atoms with van der Waals surface area (Å²) < 4.78 is 0. The highest BCUT2D eigenvalue weighted by molar-refractivity contribution is 6.30. The second kappa shape index (κ2) is 10.7. The highest BCUT2D eigenvalue weighted by Crippen LogP contribution is 2.42. The van der Waals surface area contributed by atoms with Gasteiger partial charge in [-0.3, -0.25) is 14.6 Å². The van der Waals surface area contributed by atoms with Crippen LogP contribution < -0.4 is 5.32 Å². The minimum absolute atomic E-state index is 0.0327. The number of hydrogen-bond acceptors (Lipinski definition) is 4. The average Bonchev–Trinajstić information content (AvgIpc) is 3.12. The lowest BCUT2D eigenvalue weighted by molar-refractivity contribution is -0.139. The molecule has 0 saturated carbocycles. The lowest BCUT2D eigenvalue weighted by atomic mass is 9.77. The van der Waals surface area contributed by atoms with Crippen LogP contribution in [0.5, 0.6) is 0 Å². The highest BCUT2D eigenvalue weighted by Gasteiger charge is 2.47. The Bertz CT molecular complexity index is 1030. The van der Waals surface area contributed by atoms with Gasteiger partial charge in [-0.2, -0.15) is 0 Å². The van der Waals surface area contributed by atoms with Crippen LogP contribution in [0.3, 0.4) is 0 Å². The molecule has 0 bridgehead atoms. The summed E-state index contributed by atoms with van der Waals surface area (Å²) in [6.07, 6.45) is 7.13. The van der Waals surface area contributed by atoms with Crippen molar-refractivity contribution in [1.29, 1.82) is 0 Å². The van der Waals surface area contributed by atoms with E-state index < -0.39 is 5.41 Å². The third-order valence-electron chi connectivity index (χ3n) is 7.48. The predicted octanol–water partition coefficient (Wildman–Crippen LogP) is 4.84. The molecule has 2 saturated heterocycles. The number of nitrogens with zero attached hydrogens (tertiary/aromatic N) is 3. The number of pyridine rings is 1. The Morgan fingerprint density at radius 1 is 1.14 bits per heavy atom. The first kappa shape index (κ1) is 25.6. The molecule has 1 spiro atoms. The van der Waals surface area contributed by atoms with Gasteiger partial charge in [0, 0.05) is 42.5 Å². The van der Waals surface area contributed by atoms with Crippen molar-refractivity contribution in [2.75, 3.05) is 26.2 Å². The van der Waals surface area contributed by atoms with E-state index in [1.807, 2.05) is 68.3 Å². The molecule has 1 unspecified atom stereocenters. The van der Waals surface area contributed by atoms with Gasteiger partial charge in [0.05, 0.1) is 11.5 Å². The van der Waals surface area contributed by atoms with Crippen LogP contribution in [0.4, 0.5) is 0 Å². The fraction of sp³-hybridized carbons (Fsp3) is 0.536. The summed E-state index contributed by atoms with van der Waals surface area (Å²) in [7, 11) is 0. The number of carbonyl (C=O) groups excluding carboxylic acids is 2. The zero-order chi connectivity index (χ0) is 25.1. The summed E-state index contributed by atoms with van der Waals surface area (Å²) in [6, 6.07) is 11.6. The van der Waals surface area contributed by atoms with Crippen LogP contribution in [0.25, 0.3) is 0 Å². The number of rotatable bonds is 7. The molecule has 2 aliphatic heterocycles. The van der Waals surface area contributed by atoms with Crippen LogP contribution in [0.2, 0.25) is 5.02 Å². The fourth-order valence-electron chi connectivity index (χ4n) is 5.16. The molecule has 0 radical (unpaired) electrons. The van der Waals surface area contributed by atoms with Crippen molar-refractivity contribution in [2.45, 2.75) is 59.0 Å². The highest BCUT2D eigenvalue weighted by atomic mass is 35.5. The van der Waals surface area contributed by atoms with E-state index >= 15 is 0 Å². The molecule has 3 heterocycles. The van der Waals surface area contributed by atoms with Gasteiger partial charge in [0.15, 0.2) is 0 Å². The van der Waals surface area contributed by atoms with E-state index in [4.69, 9.17) is 11.6 Å². The zero-order valence-corrected chi connectivity index (χ0v) is 21.9. The van der Waals surface area contributed by atoms with Crippen molar-refractivity contribution in [2.24, 2.45) is 10.8 Å². The van der Waals surface area contributed by atoms with Crippen molar-refractivity contribution >= 4 is 23.4 Å². The van der Waals surface area contributed by atoms with E-state index in [-0.39, 0.29) is 17.4 Å². The van der Waals surface area contributed by atoms with Crippen LogP contribution in [0, 0.1) is 10.8 Å². The molecule has 6 nitrogen and oxygen atoms in total. The molecule has 188 valence electrons. The topological polar surface area (TPSA) is 65.5 Å². The minimum Gasteiger partial charge on any atom is -0.349 e. The van der Waals surface area contributed by atoms with Gasteiger partial charge >= 0.3 is 0 Å². The summed E-state index contributed by atoms with van der Waals surface area (Å²) in [6.45, 7) is 9.93. The monoisotopic (exact) mass is 496 g/mol. The van der Waals surface area contributed by atoms with Crippen molar-refractivity contribution in [3.05, 3.63) is 64.9 Å². The van der Waals surface area contributed by atoms with Gasteiger partial charge in [-0.15, -0.1) is 0 Å². The first-order valence-electron chi connectivity index (χ1n) is 12.6. The van der Waals surface area contributed by atoms with Crippen molar-refractivity contribution in [1.82, 2.24) is 20.1 Å². The molecule has 7 heteroatoms. The molecule has 4 rings (SSSR count). The number of nitrogens with one attached hydrogen (secondary N) is 1. The summed E-state index contributed by atoms with van der Waals surface area (Å²) in [5.74, 6) is 0.334. The molecule has 2 aromatic rings. The zero-order valence-electron chi connectivity index (χ0n) is 21.1. The van der Waals surface area contributed by atoms with Crippen molar-refractivity contribution in [3.8, 4) is 0 Å². The number of amides is 2. The third-order valence-corrected chi connectivity index (χ3v) is 7.72. The van der Waals surface area contributed by atoms with Crippen LogP contribution >= 0.6 is 11.6 Å². The van der Waals surface area contributed by atoms with Gasteiger partial charge < -0.3 is 15.1 Å². The first-order chi connectivity index (χ1) is 16.7. The van der Waals surface area contributed by atoms with E-state index in [0.29, 0.717) is 17.5 Å². The predicted molar refractivity (Wildman–Crippen MR) is 139 cm³/mol. The molecular weight excluding hydrogens is 460 g/mol. The largest absolute Gasteiger partial charge is 0.349 e. The normalized spacial score (nSPS) is 19.2. The standard InChI is InChI=1S/C28H37ClN4O2/c1-27(2,3)25(34)31-24(22-7-4-8-23(29)18-22)9-14-32-15-10-28(11-16-32)12-17-33(26(28)35)20-21-6-5-13-30-19-21/h4-8,13,18-19,24H,9-12,14-17,20H2,1-3H3,(H,31,34). The molecule has 2 amide bonds. The second-order valence-electron chi connectivity index (χ2n) is 11.1. The maximum Gasteiger partial charge on any atom is 0.229 e. The maximum absolute atomic E-state index is 13.3. The Kier molecular flexibility index (Phi) is 7.82. The SMILES string of the molecule is CC(C)(C)C(=O)NC(CCN1CCC2(CC1)CCN(Cc1cccnc1)C2=O)c1cccc(Cl)c1. The number of carbonyl (C=O) groups is 2. The quantitative estimate of drug-likeness (QED) is 0.595. The van der Waals surface area contributed by atoms with Crippen LogP contribution in [0.1, 0.15) is 63.6 Å². The Balaban J connectivity index is 1.34. The third kappa shape index (κ3) is 6.22. The maximum atomic E-state index is 13.3. The number of aromatic nitrogens is 1. The van der Waals surface area contributed by atoms with Crippen LogP contribution in [-0.4, -0.2) is 52.8 Å². The average molecular weight is 497 g/mol. The minimum atomic E-state index is -0.459. The Morgan fingerprint density at radius 2 is 1.89 bits per heavy atom. The molecule has 0 aliphatic carbocycles. The Morgan fingerprint density at radius 3 is 2.54 bits per heavy atom. The van der Waals surface area contributed by atoms with Gasteiger partial charge in [-0.05, 0) is 68.1 Å². The molecule has 1 N–H and O–H groups in total. The fourth-order valence-corrected chi connectivity index (χ4v) is 5.35. The van der Waals surface area contributed by atoms with Gasteiger partial charge in [0.2, 0.25) is 11.8 Å². The lowest BCUT2D eigenvalue weighted by Crippen LogP contribution is -2.45. The molecule has 1 aromatic carbocycles. The first-order valence-corrected chi connectivity index (χ1v) is 13.0. The number of piperidine rings is 1. The summed E-state index contributed by atoms with van der Waals surface area (Å²) in [5.41, 5.74) is 1.44. The molecule has 35 heavy (non-hydrogen) atoms. The van der Waals surface area contributed by atoms with E-state index in [1.165, 1.54) is 0 Å². The molecule has 2 fully saturated rings. The Labute approximate surface area is 214 Å². The Hall–Kier alpha value is -2.44. The van der Waals surface area contributed by atoms with E-state index in [2.05, 4.69) is 15.2 Å². The van der Waals surface area contributed by atoms with Gasteiger partial charge in [-0.25, -0.2) is 0 Å². The van der Waals surface area contributed by atoms with Crippen molar-refractivity contribution < 1.29 is 9.59 Å². The van der Waals surface area contributed by atoms with E-state index in [0.717, 1.165) is 63.0 Å². The van der Waals surface area contributed by atoms with Gasteiger partial charge in [-0.1, -0.05) is 50.6 Å². The lowest BCUT2D eigenvalue weighted by Gasteiger charge is -2.38. The number of halogens is 1. The molecule has 1 aromatic heterocycles. The number of hydrogen-bond donors (Lipinski definition) is 1. The summed E-state index contributed by atoms with van der Waals surface area (Å²) >= 11 is 6.25. The summed E-state index contributed by atoms with van der Waals surface area (Å²) in [5, 5.41) is 3.91. The number of benzene rings is 1. The molecule has 2 aliphatic rings.